The van der Waals surface area contributed by atoms with Gasteiger partial charge in [-0.15, -0.1) is 0 Å². The summed E-state index contributed by atoms with van der Waals surface area (Å²) in [5, 5.41) is 11.9. The molecule has 0 spiro atoms. The number of carbonyl (C=O) groups is 1. The maximum absolute atomic E-state index is 12.0. The summed E-state index contributed by atoms with van der Waals surface area (Å²) in [5.74, 6) is 0.212. The van der Waals surface area contributed by atoms with E-state index in [0.29, 0.717) is 19.6 Å². The third-order valence-electron chi connectivity index (χ3n) is 2.66. The van der Waals surface area contributed by atoms with Crippen molar-refractivity contribution in [3.05, 3.63) is 18.6 Å². The normalized spacial score (nSPS) is 19.1. The number of rotatable bonds is 2. The predicted molar refractivity (Wildman–Crippen MR) is 61.6 cm³/mol. The molecule has 0 bridgehead atoms. The van der Waals surface area contributed by atoms with Crippen molar-refractivity contribution in [2.75, 3.05) is 19.6 Å². The minimum Gasteiger partial charge on any atom is -0.391 e. The molecule has 7 nitrogen and oxygen atoms in total. The molecule has 2 rings (SSSR count). The van der Waals surface area contributed by atoms with Gasteiger partial charge in [0, 0.05) is 31.9 Å². The average Bonchev–Trinajstić information content (AvgIpc) is 2.41. The number of carbonyl (C=O) groups excluding carboxylic acids is 1. The molecule has 1 aromatic heterocycles. The zero-order valence-corrected chi connectivity index (χ0v) is 9.74. The van der Waals surface area contributed by atoms with E-state index in [1.165, 1.54) is 18.6 Å². The molecule has 1 fully saturated rings. The van der Waals surface area contributed by atoms with Crippen LogP contribution in [0.4, 0.5) is 4.79 Å². The highest BCUT2D eigenvalue weighted by Gasteiger charge is 2.27. The first-order valence-electron chi connectivity index (χ1n) is 5.63. The van der Waals surface area contributed by atoms with Crippen LogP contribution in [-0.4, -0.2) is 46.6 Å². The molecule has 1 N–H and O–H groups in total. The van der Waals surface area contributed by atoms with Crippen molar-refractivity contribution >= 4 is 6.09 Å². The number of amides is 1. The highest BCUT2D eigenvalue weighted by molar-refractivity contribution is 5.70. The van der Waals surface area contributed by atoms with Crippen LogP contribution >= 0.6 is 0 Å². The summed E-state index contributed by atoms with van der Waals surface area (Å²) in [6.45, 7) is 1.82. The minimum atomic E-state index is -0.476. The summed E-state index contributed by atoms with van der Waals surface area (Å²) in [6.07, 6.45) is 2.62. The Bertz CT molecular complexity index is 444. The molecule has 1 aliphatic rings. The van der Waals surface area contributed by atoms with Crippen LogP contribution in [0.15, 0.2) is 18.6 Å². The molecule has 0 aromatic carbocycles. The zero-order valence-electron chi connectivity index (χ0n) is 9.74. The lowest BCUT2D eigenvalue weighted by molar-refractivity contribution is 0.118. The number of aromatic nitrogens is 2. The lowest BCUT2D eigenvalue weighted by Crippen LogP contribution is -2.54. The minimum absolute atomic E-state index is 0.155. The fraction of sp³-hybridized carbons (Fsp3) is 0.455. The Balaban J connectivity index is 2.00. The summed E-state index contributed by atoms with van der Waals surface area (Å²) in [5.41, 5.74) is 0. The number of hydrogen-bond acceptors (Lipinski definition) is 6. The Hall–Kier alpha value is -2.20. The highest BCUT2D eigenvalue weighted by atomic mass is 16.6. The SMILES string of the molecule is N#CCC1CNCCN1C(=O)Oc1ccncn1. The van der Waals surface area contributed by atoms with Crippen LogP contribution in [-0.2, 0) is 0 Å². The van der Waals surface area contributed by atoms with Crippen LogP contribution in [0.1, 0.15) is 6.42 Å². The van der Waals surface area contributed by atoms with Gasteiger partial charge in [-0.3, -0.25) is 0 Å². The maximum Gasteiger partial charge on any atom is 0.416 e. The molecule has 94 valence electrons. The molecule has 2 heterocycles. The lowest BCUT2D eigenvalue weighted by atomic mass is 10.1. The second-order valence-electron chi connectivity index (χ2n) is 3.83. The fourth-order valence-electron chi connectivity index (χ4n) is 1.78. The van der Waals surface area contributed by atoms with Gasteiger partial charge in [-0.1, -0.05) is 0 Å². The number of ether oxygens (including phenoxy) is 1. The molecule has 0 radical (unpaired) electrons. The average molecular weight is 247 g/mol. The van der Waals surface area contributed by atoms with Gasteiger partial charge >= 0.3 is 6.09 Å². The Morgan fingerprint density at radius 2 is 2.61 bits per heavy atom. The monoisotopic (exact) mass is 247 g/mol. The van der Waals surface area contributed by atoms with Crippen LogP contribution in [0.3, 0.4) is 0 Å². The Morgan fingerprint density at radius 3 is 3.33 bits per heavy atom. The second kappa shape index (κ2) is 5.93. The van der Waals surface area contributed by atoms with Gasteiger partial charge in [-0.05, 0) is 0 Å². The predicted octanol–water partition coefficient (Wildman–Crippen LogP) is 0.163. The lowest BCUT2D eigenvalue weighted by Gasteiger charge is -2.33. The zero-order chi connectivity index (χ0) is 12.8. The van der Waals surface area contributed by atoms with E-state index in [1.807, 2.05) is 0 Å². The summed E-state index contributed by atoms with van der Waals surface area (Å²) < 4.78 is 5.13. The summed E-state index contributed by atoms with van der Waals surface area (Å²) >= 11 is 0. The number of nitriles is 1. The van der Waals surface area contributed by atoms with Gasteiger partial charge in [0.15, 0.2) is 0 Å². The van der Waals surface area contributed by atoms with Gasteiger partial charge in [0.2, 0.25) is 5.88 Å². The molecule has 0 aliphatic carbocycles. The molecule has 1 saturated heterocycles. The molecule has 0 saturated carbocycles. The van der Waals surface area contributed by atoms with Crippen molar-refractivity contribution in [3.8, 4) is 11.9 Å². The number of nitrogens with one attached hydrogen (secondary N) is 1. The standard InChI is InChI=1S/C11H13N5O2/c12-3-1-9-7-13-5-6-16(9)11(17)18-10-2-4-14-8-15-10/h2,4,8-9,13H,1,5-7H2. The van der Waals surface area contributed by atoms with E-state index in [9.17, 15) is 4.79 Å². The van der Waals surface area contributed by atoms with Crippen molar-refractivity contribution in [3.63, 3.8) is 0 Å². The van der Waals surface area contributed by atoms with Gasteiger partial charge in [0.1, 0.15) is 6.33 Å². The third-order valence-corrected chi connectivity index (χ3v) is 2.66. The van der Waals surface area contributed by atoms with E-state index >= 15 is 0 Å². The molecular weight excluding hydrogens is 234 g/mol. The summed E-state index contributed by atoms with van der Waals surface area (Å²) in [6, 6.07) is 3.43. The van der Waals surface area contributed by atoms with Crippen LogP contribution < -0.4 is 10.1 Å². The quantitative estimate of drug-likeness (QED) is 0.800. The van der Waals surface area contributed by atoms with Crippen molar-refractivity contribution in [2.24, 2.45) is 0 Å². The Morgan fingerprint density at radius 1 is 1.72 bits per heavy atom. The Kier molecular flexibility index (Phi) is 4.04. The van der Waals surface area contributed by atoms with Crippen molar-refractivity contribution in [2.45, 2.75) is 12.5 Å². The summed E-state index contributed by atoms with van der Waals surface area (Å²) in [4.78, 5) is 21.1. The first kappa shape index (κ1) is 12.3. The van der Waals surface area contributed by atoms with E-state index in [4.69, 9.17) is 10.00 Å². The number of piperazine rings is 1. The topological polar surface area (TPSA) is 91.1 Å². The molecule has 18 heavy (non-hydrogen) atoms. The van der Waals surface area contributed by atoms with Gasteiger partial charge < -0.3 is 15.0 Å². The molecule has 1 aliphatic heterocycles. The highest BCUT2D eigenvalue weighted by Crippen LogP contribution is 2.11. The van der Waals surface area contributed by atoms with E-state index in [0.717, 1.165) is 0 Å². The Labute approximate surface area is 104 Å². The van der Waals surface area contributed by atoms with Gasteiger partial charge in [0.05, 0.1) is 18.5 Å². The molecule has 1 atom stereocenters. The fourth-order valence-corrected chi connectivity index (χ4v) is 1.78. The van der Waals surface area contributed by atoms with Crippen LogP contribution in [0.2, 0.25) is 0 Å². The van der Waals surface area contributed by atoms with Crippen LogP contribution in [0.5, 0.6) is 5.88 Å². The van der Waals surface area contributed by atoms with E-state index in [2.05, 4.69) is 21.4 Å². The van der Waals surface area contributed by atoms with Crippen molar-refractivity contribution in [1.29, 1.82) is 5.26 Å². The van der Waals surface area contributed by atoms with E-state index < -0.39 is 6.09 Å². The van der Waals surface area contributed by atoms with Crippen LogP contribution in [0.25, 0.3) is 0 Å². The van der Waals surface area contributed by atoms with Crippen molar-refractivity contribution in [1.82, 2.24) is 20.2 Å². The largest absolute Gasteiger partial charge is 0.416 e. The first-order chi connectivity index (χ1) is 8.81. The molecule has 1 aromatic rings. The molecule has 1 amide bonds. The van der Waals surface area contributed by atoms with E-state index in [1.54, 1.807) is 4.90 Å². The van der Waals surface area contributed by atoms with Crippen LogP contribution in [0, 0.1) is 11.3 Å². The molecule has 1 unspecified atom stereocenters. The third kappa shape index (κ3) is 2.93. The van der Waals surface area contributed by atoms with Gasteiger partial charge in [0.25, 0.3) is 0 Å². The first-order valence-corrected chi connectivity index (χ1v) is 5.63. The van der Waals surface area contributed by atoms with Gasteiger partial charge in [-0.25, -0.2) is 14.8 Å². The van der Waals surface area contributed by atoms with E-state index in [-0.39, 0.29) is 18.3 Å². The van der Waals surface area contributed by atoms with Gasteiger partial charge in [-0.2, -0.15) is 5.26 Å². The molecular formula is C11H13N5O2. The number of nitrogens with zero attached hydrogens (tertiary/aromatic N) is 4. The van der Waals surface area contributed by atoms with Crippen molar-refractivity contribution < 1.29 is 9.53 Å². The number of hydrogen-bond donors (Lipinski definition) is 1. The second-order valence-corrected chi connectivity index (χ2v) is 3.83. The molecule has 7 heteroatoms. The maximum atomic E-state index is 12.0. The summed E-state index contributed by atoms with van der Waals surface area (Å²) in [7, 11) is 0. The smallest absolute Gasteiger partial charge is 0.391 e.